The fraction of sp³-hybridized carbons (Fsp3) is 0.200. The van der Waals surface area contributed by atoms with Gasteiger partial charge >= 0.3 is 0 Å². The fourth-order valence-electron chi connectivity index (χ4n) is 0.974. The first kappa shape index (κ1) is 8.65. The third kappa shape index (κ3) is 2.02. The summed E-state index contributed by atoms with van der Waals surface area (Å²) in [7, 11) is 4.05. The van der Waals surface area contributed by atoms with Crippen LogP contribution in [0.15, 0.2) is 37.0 Å². The van der Waals surface area contributed by atoms with Crippen molar-refractivity contribution < 1.29 is 0 Å². The van der Waals surface area contributed by atoms with Crippen LogP contribution >= 0.6 is 0 Å². The van der Waals surface area contributed by atoms with E-state index >= 15 is 0 Å². The van der Waals surface area contributed by atoms with Crippen molar-refractivity contribution in [2.75, 3.05) is 24.3 Å². The monoisotopic (exact) mass is 162 g/mol. The maximum Gasteiger partial charge on any atom is 0.0381 e. The normalized spacial score (nSPS) is 9.17. The zero-order chi connectivity index (χ0) is 8.97. The van der Waals surface area contributed by atoms with Gasteiger partial charge in [0.25, 0.3) is 0 Å². The molecule has 0 heterocycles. The molecule has 12 heavy (non-hydrogen) atoms. The number of nitrogens with one attached hydrogen (secondary N) is 1. The smallest absolute Gasteiger partial charge is 0.0381 e. The predicted molar refractivity (Wildman–Crippen MR) is 54.6 cm³/mol. The van der Waals surface area contributed by atoms with Gasteiger partial charge < -0.3 is 10.2 Å². The molecule has 1 rings (SSSR count). The molecule has 0 saturated carbocycles. The number of rotatable bonds is 3. The molecule has 0 bridgehead atoms. The Hall–Kier alpha value is -1.44. The van der Waals surface area contributed by atoms with Crippen molar-refractivity contribution in [3.8, 4) is 0 Å². The van der Waals surface area contributed by atoms with Gasteiger partial charge in [-0.2, -0.15) is 0 Å². The molecule has 1 aromatic rings. The molecule has 2 heteroatoms. The van der Waals surface area contributed by atoms with E-state index in [2.05, 4.69) is 28.9 Å². The maximum atomic E-state index is 3.59. The summed E-state index contributed by atoms with van der Waals surface area (Å²) in [6.45, 7) is 3.59. The van der Waals surface area contributed by atoms with Gasteiger partial charge in [-0.05, 0) is 30.5 Å². The highest BCUT2D eigenvalue weighted by atomic mass is 15.1. The highest BCUT2D eigenvalue weighted by Gasteiger charge is 1.93. The standard InChI is InChI=1S/C10H14N2/c1-4-11-9-5-7-10(8-6-9)12(2)3/h4-8,11H,1H2,2-3H3. The number of hydrogen-bond donors (Lipinski definition) is 1. The van der Waals surface area contributed by atoms with E-state index in [1.165, 1.54) is 5.69 Å². The van der Waals surface area contributed by atoms with Crippen LogP contribution in [0.5, 0.6) is 0 Å². The molecule has 64 valence electrons. The van der Waals surface area contributed by atoms with Crippen LogP contribution in [0.2, 0.25) is 0 Å². The molecule has 0 fully saturated rings. The summed E-state index contributed by atoms with van der Waals surface area (Å²) in [4.78, 5) is 2.07. The van der Waals surface area contributed by atoms with Gasteiger partial charge in [0.05, 0.1) is 0 Å². The topological polar surface area (TPSA) is 15.3 Å². The number of nitrogens with zero attached hydrogens (tertiary/aromatic N) is 1. The Kier molecular flexibility index (Phi) is 2.75. The Morgan fingerprint density at radius 3 is 2.25 bits per heavy atom. The van der Waals surface area contributed by atoms with E-state index in [9.17, 15) is 0 Å². The van der Waals surface area contributed by atoms with Gasteiger partial charge in [-0.15, -0.1) is 0 Å². The summed E-state index contributed by atoms with van der Waals surface area (Å²) < 4.78 is 0. The lowest BCUT2D eigenvalue weighted by atomic mass is 10.2. The van der Waals surface area contributed by atoms with Gasteiger partial charge in [0.1, 0.15) is 0 Å². The third-order valence-electron chi connectivity index (χ3n) is 1.65. The van der Waals surface area contributed by atoms with E-state index in [4.69, 9.17) is 0 Å². The average Bonchev–Trinajstić information content (AvgIpc) is 2.06. The first-order valence-corrected chi connectivity index (χ1v) is 3.89. The van der Waals surface area contributed by atoms with E-state index in [0.29, 0.717) is 0 Å². The van der Waals surface area contributed by atoms with Crippen molar-refractivity contribution in [2.45, 2.75) is 0 Å². The van der Waals surface area contributed by atoms with Gasteiger partial charge in [0.2, 0.25) is 0 Å². The van der Waals surface area contributed by atoms with Crippen LogP contribution in [-0.2, 0) is 0 Å². The number of hydrogen-bond acceptors (Lipinski definition) is 2. The minimum atomic E-state index is 1.07. The molecule has 1 N–H and O–H groups in total. The molecular formula is C10H14N2. The van der Waals surface area contributed by atoms with Gasteiger partial charge in [-0.25, -0.2) is 0 Å². The Morgan fingerprint density at radius 2 is 1.83 bits per heavy atom. The van der Waals surface area contributed by atoms with E-state index in [-0.39, 0.29) is 0 Å². The molecule has 0 amide bonds. The van der Waals surface area contributed by atoms with Crippen molar-refractivity contribution in [1.29, 1.82) is 0 Å². The molecule has 0 saturated heterocycles. The third-order valence-corrected chi connectivity index (χ3v) is 1.65. The maximum absolute atomic E-state index is 3.59. The fourth-order valence-corrected chi connectivity index (χ4v) is 0.974. The van der Waals surface area contributed by atoms with Crippen LogP contribution in [0, 0.1) is 0 Å². The summed E-state index contributed by atoms with van der Waals surface area (Å²) in [6, 6.07) is 8.17. The molecule has 0 aliphatic rings. The number of anilines is 2. The molecule has 2 nitrogen and oxygen atoms in total. The Morgan fingerprint density at radius 1 is 1.25 bits per heavy atom. The van der Waals surface area contributed by atoms with Crippen LogP contribution < -0.4 is 10.2 Å². The van der Waals surface area contributed by atoms with Crippen molar-refractivity contribution in [3.63, 3.8) is 0 Å². The Labute approximate surface area is 73.5 Å². The summed E-state index contributed by atoms with van der Waals surface area (Å²) in [5, 5.41) is 3.02. The lowest BCUT2D eigenvalue weighted by Gasteiger charge is -2.12. The van der Waals surface area contributed by atoms with Crippen molar-refractivity contribution in [3.05, 3.63) is 37.0 Å². The van der Waals surface area contributed by atoms with E-state index < -0.39 is 0 Å². The molecule has 0 aliphatic heterocycles. The largest absolute Gasteiger partial charge is 0.378 e. The molecule has 0 spiro atoms. The van der Waals surface area contributed by atoms with Crippen LogP contribution in [-0.4, -0.2) is 14.1 Å². The van der Waals surface area contributed by atoms with Gasteiger partial charge in [0.15, 0.2) is 0 Å². The zero-order valence-corrected chi connectivity index (χ0v) is 7.54. The summed E-state index contributed by atoms with van der Waals surface area (Å²) in [5.74, 6) is 0. The first-order chi connectivity index (χ1) is 5.74. The van der Waals surface area contributed by atoms with Gasteiger partial charge in [0, 0.05) is 25.5 Å². The highest BCUT2D eigenvalue weighted by Crippen LogP contribution is 2.15. The molecule has 0 aliphatic carbocycles. The van der Waals surface area contributed by atoms with Crippen molar-refractivity contribution in [1.82, 2.24) is 0 Å². The Balaban J connectivity index is 2.78. The molecule has 0 radical (unpaired) electrons. The predicted octanol–water partition coefficient (Wildman–Crippen LogP) is 2.31. The summed E-state index contributed by atoms with van der Waals surface area (Å²) in [6.07, 6.45) is 1.67. The van der Waals surface area contributed by atoms with Crippen LogP contribution in [0.1, 0.15) is 0 Å². The van der Waals surface area contributed by atoms with Gasteiger partial charge in [-0.1, -0.05) is 6.58 Å². The lowest BCUT2D eigenvalue weighted by Crippen LogP contribution is -2.07. The van der Waals surface area contributed by atoms with Crippen LogP contribution in [0.4, 0.5) is 11.4 Å². The zero-order valence-electron chi connectivity index (χ0n) is 7.54. The minimum Gasteiger partial charge on any atom is -0.378 e. The Bertz CT molecular complexity index is 249. The average molecular weight is 162 g/mol. The second-order valence-electron chi connectivity index (χ2n) is 2.79. The SMILES string of the molecule is C=CNc1ccc(N(C)C)cc1. The van der Waals surface area contributed by atoms with E-state index in [1.54, 1.807) is 6.20 Å². The minimum absolute atomic E-state index is 1.07. The van der Waals surface area contributed by atoms with E-state index in [0.717, 1.165) is 5.69 Å². The highest BCUT2D eigenvalue weighted by molar-refractivity contribution is 5.55. The quantitative estimate of drug-likeness (QED) is 0.733. The second-order valence-corrected chi connectivity index (χ2v) is 2.79. The summed E-state index contributed by atoms with van der Waals surface area (Å²) >= 11 is 0. The molecule has 1 aromatic carbocycles. The van der Waals surface area contributed by atoms with Gasteiger partial charge in [-0.3, -0.25) is 0 Å². The van der Waals surface area contributed by atoms with Crippen molar-refractivity contribution >= 4 is 11.4 Å². The lowest BCUT2D eigenvalue weighted by molar-refractivity contribution is 1.13. The first-order valence-electron chi connectivity index (χ1n) is 3.89. The molecule has 0 aromatic heterocycles. The van der Waals surface area contributed by atoms with Crippen LogP contribution in [0.3, 0.4) is 0 Å². The molecule has 0 atom stereocenters. The van der Waals surface area contributed by atoms with Crippen molar-refractivity contribution in [2.24, 2.45) is 0 Å². The number of benzene rings is 1. The second kappa shape index (κ2) is 3.81. The van der Waals surface area contributed by atoms with E-state index in [1.807, 2.05) is 26.2 Å². The summed E-state index contributed by atoms with van der Waals surface area (Å²) in [5.41, 5.74) is 2.26. The van der Waals surface area contributed by atoms with Crippen LogP contribution in [0.25, 0.3) is 0 Å². The molecular weight excluding hydrogens is 148 g/mol. The molecule has 0 unspecified atom stereocenters.